The van der Waals surface area contributed by atoms with Crippen LogP contribution in [-0.4, -0.2) is 13.0 Å². The molecule has 2 rings (SSSR count). The van der Waals surface area contributed by atoms with E-state index in [2.05, 4.69) is 37.2 Å². The molecule has 0 aliphatic heterocycles. The van der Waals surface area contributed by atoms with Crippen LogP contribution in [0.25, 0.3) is 0 Å². The molecule has 0 saturated heterocycles. The molecule has 110 valence electrons. The fourth-order valence-electron chi connectivity index (χ4n) is 1.79. The second-order valence-electron chi connectivity index (χ2n) is 4.13. The summed E-state index contributed by atoms with van der Waals surface area (Å²) in [5.41, 5.74) is 6.96. The minimum Gasteiger partial charge on any atom is -0.495 e. The molecule has 2 aromatic rings. The molecule has 0 spiro atoms. The van der Waals surface area contributed by atoms with Gasteiger partial charge in [-0.15, -0.1) is 0 Å². The van der Waals surface area contributed by atoms with E-state index in [4.69, 9.17) is 22.1 Å². The Morgan fingerprint density at radius 1 is 1.33 bits per heavy atom. The van der Waals surface area contributed by atoms with E-state index in [0.717, 1.165) is 4.47 Å². The van der Waals surface area contributed by atoms with E-state index in [0.29, 0.717) is 32.2 Å². The minimum atomic E-state index is -0.367. The SMILES string of the molecule is COc1c(Br)cc(Br)cc1C(=O)Nc1c(N)cccc1Cl. The number of nitrogens with one attached hydrogen (secondary N) is 1. The summed E-state index contributed by atoms with van der Waals surface area (Å²) in [4.78, 5) is 12.5. The van der Waals surface area contributed by atoms with Gasteiger partial charge in [0, 0.05) is 4.47 Å². The van der Waals surface area contributed by atoms with Crippen LogP contribution in [0.15, 0.2) is 39.3 Å². The molecule has 0 saturated carbocycles. The smallest absolute Gasteiger partial charge is 0.259 e. The first-order chi connectivity index (χ1) is 9.93. The van der Waals surface area contributed by atoms with Gasteiger partial charge >= 0.3 is 0 Å². The number of halogens is 3. The van der Waals surface area contributed by atoms with E-state index in [1.54, 1.807) is 30.3 Å². The van der Waals surface area contributed by atoms with Crippen LogP contribution in [0.4, 0.5) is 11.4 Å². The van der Waals surface area contributed by atoms with E-state index < -0.39 is 0 Å². The molecule has 0 radical (unpaired) electrons. The summed E-state index contributed by atoms with van der Waals surface area (Å²) < 4.78 is 6.66. The second kappa shape index (κ2) is 6.68. The first-order valence-corrected chi connectivity index (χ1v) is 7.78. The Morgan fingerprint density at radius 2 is 2.05 bits per heavy atom. The van der Waals surface area contributed by atoms with Gasteiger partial charge in [0.25, 0.3) is 5.91 Å². The molecule has 0 fully saturated rings. The van der Waals surface area contributed by atoms with Gasteiger partial charge in [0.2, 0.25) is 0 Å². The average Bonchev–Trinajstić information content (AvgIpc) is 2.42. The number of methoxy groups -OCH3 is 1. The monoisotopic (exact) mass is 432 g/mol. The number of nitrogens with two attached hydrogens (primary N) is 1. The van der Waals surface area contributed by atoms with Gasteiger partial charge in [-0.3, -0.25) is 4.79 Å². The maximum Gasteiger partial charge on any atom is 0.259 e. The lowest BCUT2D eigenvalue weighted by Crippen LogP contribution is -2.15. The fourth-order valence-corrected chi connectivity index (χ4v) is 3.41. The molecule has 3 N–H and O–H groups in total. The quantitative estimate of drug-likeness (QED) is 0.688. The molecule has 1 amide bonds. The van der Waals surface area contributed by atoms with Crippen LogP contribution < -0.4 is 15.8 Å². The number of hydrogen-bond acceptors (Lipinski definition) is 3. The number of ether oxygens (including phenoxy) is 1. The number of rotatable bonds is 3. The average molecular weight is 435 g/mol. The van der Waals surface area contributed by atoms with Crippen molar-refractivity contribution >= 4 is 60.7 Å². The number of hydrogen-bond donors (Lipinski definition) is 2. The van der Waals surface area contributed by atoms with Crippen LogP contribution in [0.2, 0.25) is 5.02 Å². The predicted molar refractivity (Wildman–Crippen MR) is 92.2 cm³/mol. The Bertz CT molecular complexity index is 687. The van der Waals surface area contributed by atoms with Gasteiger partial charge in [0.05, 0.1) is 33.5 Å². The Hall–Kier alpha value is -1.24. The summed E-state index contributed by atoms with van der Waals surface area (Å²) >= 11 is 12.8. The number of benzene rings is 2. The number of carbonyl (C=O) groups is 1. The highest BCUT2D eigenvalue weighted by Crippen LogP contribution is 2.34. The van der Waals surface area contributed by atoms with E-state index in [1.165, 1.54) is 7.11 Å². The largest absolute Gasteiger partial charge is 0.495 e. The highest BCUT2D eigenvalue weighted by Gasteiger charge is 2.18. The van der Waals surface area contributed by atoms with Crippen LogP contribution in [0.5, 0.6) is 5.75 Å². The lowest BCUT2D eigenvalue weighted by molar-refractivity contribution is 0.102. The lowest BCUT2D eigenvalue weighted by Gasteiger charge is -2.13. The molecule has 0 aromatic heterocycles. The number of nitrogen functional groups attached to an aromatic ring is 1. The standard InChI is InChI=1S/C14H11Br2ClN2O2/c1-21-13-8(5-7(15)6-9(13)16)14(20)19-12-10(17)3-2-4-11(12)18/h2-6H,18H2,1H3,(H,19,20). The van der Waals surface area contributed by atoms with Crippen molar-refractivity contribution in [2.45, 2.75) is 0 Å². The van der Waals surface area contributed by atoms with E-state index >= 15 is 0 Å². The van der Waals surface area contributed by atoms with Gasteiger partial charge in [-0.1, -0.05) is 33.6 Å². The fraction of sp³-hybridized carbons (Fsp3) is 0.0714. The third-order valence-corrected chi connectivity index (χ3v) is 4.10. The van der Waals surface area contributed by atoms with Crippen molar-refractivity contribution in [1.29, 1.82) is 0 Å². The zero-order valence-electron chi connectivity index (χ0n) is 10.9. The van der Waals surface area contributed by atoms with Crippen molar-refractivity contribution in [3.8, 4) is 5.75 Å². The zero-order valence-corrected chi connectivity index (χ0v) is 14.8. The summed E-state index contributed by atoms with van der Waals surface area (Å²) in [6.45, 7) is 0. The zero-order chi connectivity index (χ0) is 15.6. The highest BCUT2D eigenvalue weighted by atomic mass is 79.9. The summed E-state index contributed by atoms with van der Waals surface area (Å²) in [6.07, 6.45) is 0. The van der Waals surface area contributed by atoms with Crippen molar-refractivity contribution in [1.82, 2.24) is 0 Å². The molecule has 0 unspecified atom stereocenters. The molecule has 0 atom stereocenters. The van der Waals surface area contributed by atoms with E-state index in [9.17, 15) is 4.79 Å². The number of amides is 1. The Kier molecular flexibility index (Phi) is 5.13. The molecular weight excluding hydrogens is 423 g/mol. The normalized spacial score (nSPS) is 10.3. The first kappa shape index (κ1) is 16.1. The van der Waals surface area contributed by atoms with Crippen molar-refractivity contribution in [3.63, 3.8) is 0 Å². The minimum absolute atomic E-state index is 0.359. The van der Waals surface area contributed by atoms with Gasteiger partial charge < -0.3 is 15.8 Å². The number of carbonyl (C=O) groups excluding carboxylic acids is 1. The van der Waals surface area contributed by atoms with Gasteiger partial charge in [0.1, 0.15) is 5.75 Å². The van der Waals surface area contributed by atoms with Crippen LogP contribution in [0.3, 0.4) is 0 Å². The van der Waals surface area contributed by atoms with Crippen molar-refractivity contribution < 1.29 is 9.53 Å². The maximum absolute atomic E-state index is 12.5. The maximum atomic E-state index is 12.5. The van der Waals surface area contributed by atoms with Gasteiger partial charge in [-0.2, -0.15) is 0 Å². The molecule has 2 aromatic carbocycles. The molecular formula is C14H11Br2ClN2O2. The Balaban J connectivity index is 2.42. The summed E-state index contributed by atoms with van der Waals surface area (Å²) in [5, 5.41) is 3.08. The Labute approximate surface area is 143 Å². The van der Waals surface area contributed by atoms with Gasteiger partial charge in [-0.05, 0) is 40.2 Å². The van der Waals surface area contributed by atoms with Gasteiger partial charge in [-0.25, -0.2) is 0 Å². The van der Waals surface area contributed by atoms with E-state index in [1.807, 2.05) is 0 Å². The third kappa shape index (κ3) is 3.51. The predicted octanol–water partition coefficient (Wildman–Crippen LogP) is 4.71. The summed E-state index contributed by atoms with van der Waals surface area (Å²) in [5.74, 6) is 0.0648. The molecule has 0 aliphatic carbocycles. The molecule has 21 heavy (non-hydrogen) atoms. The number of anilines is 2. The van der Waals surface area contributed by atoms with Crippen LogP contribution in [0.1, 0.15) is 10.4 Å². The number of para-hydroxylation sites is 1. The third-order valence-electron chi connectivity index (χ3n) is 2.74. The van der Waals surface area contributed by atoms with Crippen molar-refractivity contribution in [3.05, 3.63) is 49.9 Å². The second-order valence-corrected chi connectivity index (χ2v) is 6.30. The molecule has 0 aliphatic rings. The highest BCUT2D eigenvalue weighted by molar-refractivity contribution is 9.11. The summed E-state index contributed by atoms with van der Waals surface area (Å²) in [6, 6.07) is 8.48. The van der Waals surface area contributed by atoms with Gasteiger partial charge in [0.15, 0.2) is 0 Å². The van der Waals surface area contributed by atoms with E-state index in [-0.39, 0.29) is 5.91 Å². The molecule has 0 heterocycles. The lowest BCUT2D eigenvalue weighted by atomic mass is 10.1. The molecule has 7 heteroatoms. The molecule has 0 bridgehead atoms. The molecule has 4 nitrogen and oxygen atoms in total. The Morgan fingerprint density at radius 3 is 2.67 bits per heavy atom. The topological polar surface area (TPSA) is 64.3 Å². The first-order valence-electron chi connectivity index (χ1n) is 5.82. The van der Waals surface area contributed by atoms with Crippen molar-refractivity contribution in [2.75, 3.05) is 18.2 Å². The van der Waals surface area contributed by atoms with Crippen LogP contribution >= 0.6 is 43.5 Å². The van der Waals surface area contributed by atoms with Crippen molar-refractivity contribution in [2.24, 2.45) is 0 Å². The van der Waals surface area contributed by atoms with Crippen LogP contribution in [0, 0.1) is 0 Å². The van der Waals surface area contributed by atoms with Crippen LogP contribution in [-0.2, 0) is 0 Å². The summed E-state index contributed by atoms with van der Waals surface area (Å²) in [7, 11) is 1.49.